The van der Waals surface area contributed by atoms with Gasteiger partial charge in [-0.15, -0.1) is 23.1 Å². The summed E-state index contributed by atoms with van der Waals surface area (Å²) in [5.74, 6) is -0.687. The van der Waals surface area contributed by atoms with Gasteiger partial charge in [0.15, 0.2) is 5.13 Å². The van der Waals surface area contributed by atoms with E-state index in [1.165, 1.54) is 35.2 Å². The third kappa shape index (κ3) is 6.60. The molecule has 0 bridgehead atoms. The van der Waals surface area contributed by atoms with Crippen LogP contribution in [0.5, 0.6) is 0 Å². The predicted molar refractivity (Wildman–Crippen MR) is 157 cm³/mol. The summed E-state index contributed by atoms with van der Waals surface area (Å²) in [4.78, 5) is 31.5. The molecule has 0 spiro atoms. The van der Waals surface area contributed by atoms with Crippen LogP contribution >= 0.6 is 23.1 Å². The maximum Gasteiger partial charge on any atom is 0.255 e. The van der Waals surface area contributed by atoms with Gasteiger partial charge in [-0.2, -0.15) is 0 Å². The Kier molecular flexibility index (Phi) is 8.15. The van der Waals surface area contributed by atoms with E-state index in [1.54, 1.807) is 18.2 Å². The molecule has 2 amide bonds. The normalized spacial score (nSPS) is 11.5. The number of rotatable bonds is 8. The highest BCUT2D eigenvalue weighted by molar-refractivity contribution is 8.00. The van der Waals surface area contributed by atoms with Crippen molar-refractivity contribution in [3.8, 4) is 11.3 Å². The Bertz CT molecular complexity index is 1590. The second kappa shape index (κ2) is 12.1. The van der Waals surface area contributed by atoms with Gasteiger partial charge in [0.25, 0.3) is 5.91 Å². The molecule has 1 aromatic heterocycles. The Morgan fingerprint density at radius 1 is 0.846 bits per heavy atom. The van der Waals surface area contributed by atoms with Crippen molar-refractivity contribution in [3.63, 3.8) is 0 Å². The fourth-order valence-electron chi connectivity index (χ4n) is 3.94. The maximum absolute atomic E-state index is 13.4. The Balaban J connectivity index is 1.30. The van der Waals surface area contributed by atoms with Gasteiger partial charge in [-0.1, -0.05) is 48.5 Å². The first kappa shape index (κ1) is 26.3. The minimum atomic E-state index is -0.531. The Morgan fingerprint density at radius 3 is 2.26 bits per heavy atom. The average Bonchev–Trinajstić information content (AvgIpc) is 3.42. The molecule has 0 radical (unpaired) electrons. The van der Waals surface area contributed by atoms with Crippen molar-refractivity contribution >= 4 is 45.7 Å². The fourth-order valence-corrected chi connectivity index (χ4v) is 5.68. The molecule has 0 saturated heterocycles. The minimum absolute atomic E-state index is 0.168. The van der Waals surface area contributed by atoms with E-state index in [-0.39, 0.29) is 17.6 Å². The summed E-state index contributed by atoms with van der Waals surface area (Å²) in [6, 6.07) is 30.5. The molecule has 0 aliphatic heterocycles. The van der Waals surface area contributed by atoms with Gasteiger partial charge in [0.2, 0.25) is 5.91 Å². The third-order valence-electron chi connectivity index (χ3n) is 5.97. The second-order valence-electron chi connectivity index (χ2n) is 8.74. The molecule has 1 unspecified atom stereocenters. The molecule has 39 heavy (non-hydrogen) atoms. The van der Waals surface area contributed by atoms with Gasteiger partial charge in [0.1, 0.15) is 11.1 Å². The van der Waals surface area contributed by atoms with E-state index in [0.717, 1.165) is 21.6 Å². The van der Waals surface area contributed by atoms with Crippen molar-refractivity contribution in [2.45, 2.75) is 17.1 Å². The molecule has 5 nitrogen and oxygen atoms in total. The molecule has 5 aromatic rings. The number of halogens is 1. The van der Waals surface area contributed by atoms with Gasteiger partial charge < -0.3 is 10.6 Å². The topological polar surface area (TPSA) is 71.1 Å². The number of carbonyl (C=O) groups is 2. The molecule has 0 saturated carbocycles. The zero-order valence-corrected chi connectivity index (χ0v) is 22.6. The van der Waals surface area contributed by atoms with E-state index in [4.69, 9.17) is 0 Å². The van der Waals surface area contributed by atoms with E-state index in [9.17, 15) is 14.0 Å². The Morgan fingerprint density at radius 2 is 1.54 bits per heavy atom. The molecule has 1 heterocycles. The van der Waals surface area contributed by atoms with Crippen molar-refractivity contribution in [2.24, 2.45) is 0 Å². The molecule has 0 aliphatic carbocycles. The maximum atomic E-state index is 13.4. The number of aromatic nitrogens is 1. The number of amides is 2. The summed E-state index contributed by atoms with van der Waals surface area (Å²) in [6.07, 6.45) is 0. The number of aryl methyl sites for hydroxylation is 1. The molecular formula is C31H24FN3O2S2. The summed E-state index contributed by atoms with van der Waals surface area (Å²) in [5, 5.41) is 7.64. The first-order chi connectivity index (χ1) is 19.0. The van der Waals surface area contributed by atoms with Crippen LogP contribution in [0.2, 0.25) is 0 Å². The predicted octanol–water partition coefficient (Wildman–Crippen LogP) is 7.98. The highest BCUT2D eigenvalue weighted by Crippen LogP contribution is 2.37. The number of anilines is 2. The lowest BCUT2D eigenvalue weighted by molar-refractivity contribution is -0.115. The smallest absolute Gasteiger partial charge is 0.255 e. The number of hydrogen-bond donors (Lipinski definition) is 2. The molecule has 0 aliphatic rings. The van der Waals surface area contributed by atoms with Crippen molar-refractivity contribution in [1.29, 1.82) is 0 Å². The number of benzene rings is 4. The number of nitrogens with zero attached hydrogens (tertiary/aromatic N) is 1. The molecule has 5 rings (SSSR count). The third-order valence-corrected chi connectivity index (χ3v) is 7.99. The van der Waals surface area contributed by atoms with Crippen molar-refractivity contribution < 1.29 is 14.0 Å². The zero-order chi connectivity index (χ0) is 27.2. The Labute approximate surface area is 234 Å². The van der Waals surface area contributed by atoms with Crippen LogP contribution in [-0.2, 0) is 4.79 Å². The van der Waals surface area contributed by atoms with Gasteiger partial charge in [0, 0.05) is 27.1 Å². The van der Waals surface area contributed by atoms with E-state index >= 15 is 0 Å². The van der Waals surface area contributed by atoms with Crippen LogP contribution in [0.4, 0.5) is 15.2 Å². The van der Waals surface area contributed by atoms with Crippen LogP contribution in [0.3, 0.4) is 0 Å². The lowest BCUT2D eigenvalue weighted by atomic mass is 10.1. The summed E-state index contributed by atoms with van der Waals surface area (Å²) in [7, 11) is 0. The van der Waals surface area contributed by atoms with Crippen LogP contribution in [0, 0.1) is 12.7 Å². The van der Waals surface area contributed by atoms with E-state index in [0.29, 0.717) is 22.1 Å². The van der Waals surface area contributed by atoms with Crippen LogP contribution < -0.4 is 10.6 Å². The lowest BCUT2D eigenvalue weighted by Crippen LogP contribution is -2.19. The lowest BCUT2D eigenvalue weighted by Gasteiger charge is -2.16. The van der Waals surface area contributed by atoms with E-state index in [2.05, 4.69) is 15.6 Å². The highest BCUT2D eigenvalue weighted by Gasteiger charge is 2.23. The second-order valence-corrected chi connectivity index (χ2v) is 10.8. The summed E-state index contributed by atoms with van der Waals surface area (Å²) in [5.41, 5.74) is 4.50. The quantitative estimate of drug-likeness (QED) is 0.191. The number of thiazole rings is 1. The zero-order valence-electron chi connectivity index (χ0n) is 20.9. The fraction of sp³-hybridized carbons (Fsp3) is 0.0645. The standard InChI is InChI=1S/C31H24FN3O2S2/c1-20-7-5-6-10-26(20)29(36)33-24-15-17-25(18-16-24)39-28(22-8-3-2-4-9-22)30(37)35-31-34-27(19-38-31)21-11-13-23(32)14-12-21/h2-19,28H,1H3,(H,33,36)(H,34,35,37). The monoisotopic (exact) mass is 553 g/mol. The summed E-state index contributed by atoms with van der Waals surface area (Å²) in [6.45, 7) is 1.90. The van der Waals surface area contributed by atoms with Gasteiger partial charge in [-0.3, -0.25) is 9.59 Å². The van der Waals surface area contributed by atoms with Crippen molar-refractivity contribution in [3.05, 3.63) is 131 Å². The first-order valence-corrected chi connectivity index (χ1v) is 13.9. The summed E-state index contributed by atoms with van der Waals surface area (Å²) >= 11 is 2.73. The molecule has 194 valence electrons. The van der Waals surface area contributed by atoms with Gasteiger partial charge in [-0.25, -0.2) is 9.37 Å². The average molecular weight is 554 g/mol. The van der Waals surface area contributed by atoms with E-state index < -0.39 is 5.25 Å². The van der Waals surface area contributed by atoms with Crippen LogP contribution in [0.1, 0.15) is 26.7 Å². The van der Waals surface area contributed by atoms with Crippen molar-refractivity contribution in [1.82, 2.24) is 4.98 Å². The van der Waals surface area contributed by atoms with Crippen LogP contribution in [0.25, 0.3) is 11.3 Å². The molecular weight excluding hydrogens is 529 g/mol. The summed E-state index contributed by atoms with van der Waals surface area (Å²) < 4.78 is 13.3. The SMILES string of the molecule is Cc1ccccc1C(=O)Nc1ccc(SC(C(=O)Nc2nc(-c3ccc(F)cc3)cs2)c2ccccc2)cc1. The number of thioether (sulfide) groups is 1. The number of hydrogen-bond acceptors (Lipinski definition) is 5. The Hall–Kier alpha value is -4.27. The van der Waals surface area contributed by atoms with Crippen LogP contribution in [0.15, 0.2) is 113 Å². The van der Waals surface area contributed by atoms with Crippen molar-refractivity contribution in [2.75, 3.05) is 10.6 Å². The van der Waals surface area contributed by atoms with Gasteiger partial charge in [0.05, 0.1) is 5.69 Å². The molecule has 8 heteroatoms. The van der Waals surface area contributed by atoms with Gasteiger partial charge >= 0.3 is 0 Å². The molecule has 1 atom stereocenters. The van der Waals surface area contributed by atoms with Crippen LogP contribution in [-0.4, -0.2) is 16.8 Å². The highest BCUT2D eigenvalue weighted by atomic mass is 32.2. The van der Waals surface area contributed by atoms with E-state index in [1.807, 2.05) is 85.1 Å². The molecule has 0 fully saturated rings. The molecule has 4 aromatic carbocycles. The largest absolute Gasteiger partial charge is 0.322 e. The first-order valence-electron chi connectivity index (χ1n) is 12.2. The number of nitrogens with one attached hydrogen (secondary N) is 2. The molecule has 2 N–H and O–H groups in total. The van der Waals surface area contributed by atoms with Gasteiger partial charge in [-0.05, 0) is 72.6 Å². The minimum Gasteiger partial charge on any atom is -0.322 e. The number of carbonyl (C=O) groups excluding carboxylic acids is 2.